The van der Waals surface area contributed by atoms with Gasteiger partial charge in [-0.2, -0.15) is 0 Å². The number of halogens is 2. The lowest BCUT2D eigenvalue weighted by Crippen LogP contribution is -2.45. The maximum atomic E-state index is 13.6. The topological polar surface area (TPSA) is 41.1 Å². The normalized spacial score (nSPS) is 23.6. The van der Waals surface area contributed by atoms with Gasteiger partial charge in [-0.1, -0.05) is 6.07 Å². The number of carbonyl (C=O) groups excluding carboxylic acids is 1. The lowest BCUT2D eigenvalue weighted by atomic mass is 9.88. The molecule has 1 aromatic carbocycles. The zero-order valence-electron chi connectivity index (χ0n) is 11.8. The van der Waals surface area contributed by atoms with Gasteiger partial charge in [0.2, 0.25) is 5.91 Å². The molecule has 0 radical (unpaired) electrons. The third-order valence-corrected chi connectivity index (χ3v) is 3.87. The van der Waals surface area contributed by atoms with Crippen LogP contribution in [0.5, 0.6) is 0 Å². The maximum Gasteiger partial charge on any atom is 0.227 e. The number of nitrogens with one attached hydrogen (secondary N) is 2. The fourth-order valence-electron chi connectivity index (χ4n) is 2.49. The second-order valence-electron chi connectivity index (χ2n) is 5.77. The van der Waals surface area contributed by atoms with Crippen molar-refractivity contribution < 1.29 is 13.6 Å². The van der Waals surface area contributed by atoms with Crippen LogP contribution in [0.1, 0.15) is 25.8 Å². The summed E-state index contributed by atoms with van der Waals surface area (Å²) in [5.74, 6) is -1.20. The molecule has 1 fully saturated rings. The van der Waals surface area contributed by atoms with Crippen LogP contribution >= 0.6 is 0 Å². The van der Waals surface area contributed by atoms with Crippen LogP contribution in [-0.2, 0) is 11.2 Å². The molecular weight excluding hydrogens is 262 g/mol. The van der Waals surface area contributed by atoms with E-state index in [9.17, 15) is 13.6 Å². The van der Waals surface area contributed by atoms with Crippen LogP contribution in [0.25, 0.3) is 0 Å². The molecule has 20 heavy (non-hydrogen) atoms. The van der Waals surface area contributed by atoms with Gasteiger partial charge >= 0.3 is 0 Å². The van der Waals surface area contributed by atoms with Gasteiger partial charge < -0.3 is 10.6 Å². The van der Waals surface area contributed by atoms with E-state index in [0.29, 0.717) is 6.54 Å². The Balaban J connectivity index is 1.99. The zero-order chi connectivity index (χ0) is 14.8. The lowest BCUT2D eigenvalue weighted by Gasteiger charge is -2.24. The van der Waals surface area contributed by atoms with Gasteiger partial charge in [0.05, 0.1) is 5.41 Å². The van der Waals surface area contributed by atoms with Gasteiger partial charge in [-0.05, 0) is 45.4 Å². The fourth-order valence-corrected chi connectivity index (χ4v) is 2.49. The maximum absolute atomic E-state index is 13.6. The van der Waals surface area contributed by atoms with Crippen LogP contribution in [0, 0.1) is 17.0 Å². The summed E-state index contributed by atoms with van der Waals surface area (Å²) in [6, 6.07) is 3.48. The zero-order valence-corrected chi connectivity index (χ0v) is 11.8. The molecule has 0 aliphatic carbocycles. The van der Waals surface area contributed by atoms with E-state index >= 15 is 0 Å². The number of benzene rings is 1. The van der Waals surface area contributed by atoms with Gasteiger partial charge in [0.1, 0.15) is 11.6 Å². The molecule has 2 rings (SSSR count). The van der Waals surface area contributed by atoms with E-state index in [0.717, 1.165) is 13.0 Å². The Morgan fingerprint density at radius 1 is 1.45 bits per heavy atom. The van der Waals surface area contributed by atoms with Crippen molar-refractivity contribution in [2.45, 2.75) is 32.7 Å². The minimum Gasteiger partial charge on any atom is -0.353 e. The van der Waals surface area contributed by atoms with Crippen molar-refractivity contribution in [1.82, 2.24) is 10.6 Å². The van der Waals surface area contributed by atoms with Crippen molar-refractivity contribution in [3.63, 3.8) is 0 Å². The average Bonchev–Trinajstić information content (AvgIpc) is 2.82. The first-order chi connectivity index (χ1) is 9.42. The summed E-state index contributed by atoms with van der Waals surface area (Å²) in [4.78, 5) is 12.2. The summed E-state index contributed by atoms with van der Waals surface area (Å²) in [6.07, 6.45) is 0.924. The summed E-state index contributed by atoms with van der Waals surface area (Å²) in [7, 11) is 0. The third kappa shape index (κ3) is 3.15. The van der Waals surface area contributed by atoms with E-state index < -0.39 is 17.0 Å². The number of hydrogen-bond donors (Lipinski definition) is 2. The first kappa shape index (κ1) is 14.9. The average molecular weight is 282 g/mol. The number of carbonyl (C=O) groups is 1. The van der Waals surface area contributed by atoms with Crippen LogP contribution in [0.3, 0.4) is 0 Å². The van der Waals surface area contributed by atoms with Crippen LogP contribution in [0.15, 0.2) is 18.2 Å². The van der Waals surface area contributed by atoms with Crippen molar-refractivity contribution in [1.29, 1.82) is 0 Å². The number of hydrogen-bond acceptors (Lipinski definition) is 2. The molecule has 110 valence electrons. The molecule has 1 aliphatic heterocycles. The third-order valence-electron chi connectivity index (χ3n) is 3.87. The second kappa shape index (κ2) is 5.87. The molecule has 0 aromatic heterocycles. The summed E-state index contributed by atoms with van der Waals surface area (Å²) >= 11 is 0. The van der Waals surface area contributed by atoms with E-state index in [1.165, 1.54) is 18.2 Å². The van der Waals surface area contributed by atoms with E-state index in [-0.39, 0.29) is 23.9 Å². The van der Waals surface area contributed by atoms with Crippen molar-refractivity contribution >= 4 is 5.91 Å². The standard InChI is InChI=1S/C15H20F2N2O/c1-10(8-11-12(16)4-3-5-13(11)17)19-14(20)15(2)6-7-18-9-15/h3-5,10,18H,6-9H2,1-2H3,(H,19,20). The molecule has 5 heteroatoms. The van der Waals surface area contributed by atoms with Crippen molar-refractivity contribution in [3.8, 4) is 0 Å². The van der Waals surface area contributed by atoms with Gasteiger partial charge in [0, 0.05) is 18.2 Å². The number of rotatable bonds is 4. The molecule has 1 saturated heterocycles. The first-order valence-corrected chi connectivity index (χ1v) is 6.87. The molecule has 0 spiro atoms. The Morgan fingerprint density at radius 3 is 2.65 bits per heavy atom. The van der Waals surface area contributed by atoms with Crippen LogP contribution in [0.2, 0.25) is 0 Å². The Kier molecular flexibility index (Phi) is 4.38. The fraction of sp³-hybridized carbons (Fsp3) is 0.533. The highest BCUT2D eigenvalue weighted by Crippen LogP contribution is 2.25. The summed E-state index contributed by atoms with van der Waals surface area (Å²) in [5, 5.41) is 6.01. The molecule has 2 unspecified atom stereocenters. The van der Waals surface area contributed by atoms with Crippen LogP contribution < -0.4 is 10.6 Å². The van der Waals surface area contributed by atoms with E-state index in [4.69, 9.17) is 0 Å². The molecule has 1 aromatic rings. The van der Waals surface area contributed by atoms with Crippen LogP contribution in [-0.4, -0.2) is 25.0 Å². The molecule has 3 nitrogen and oxygen atoms in total. The minimum absolute atomic E-state index is 0.0231. The Bertz CT molecular complexity index is 478. The van der Waals surface area contributed by atoms with E-state index in [1.807, 2.05) is 6.92 Å². The van der Waals surface area contributed by atoms with Gasteiger partial charge in [-0.15, -0.1) is 0 Å². The Labute approximate surface area is 117 Å². The lowest BCUT2D eigenvalue weighted by molar-refractivity contribution is -0.129. The van der Waals surface area contributed by atoms with Gasteiger partial charge in [0.15, 0.2) is 0 Å². The summed E-state index contributed by atoms with van der Waals surface area (Å²) < 4.78 is 27.1. The van der Waals surface area contributed by atoms with Gasteiger partial charge in [-0.3, -0.25) is 4.79 Å². The van der Waals surface area contributed by atoms with Gasteiger partial charge in [-0.25, -0.2) is 8.78 Å². The highest BCUT2D eigenvalue weighted by atomic mass is 19.1. The predicted molar refractivity (Wildman–Crippen MR) is 73.3 cm³/mol. The molecule has 2 atom stereocenters. The van der Waals surface area contributed by atoms with Crippen LogP contribution in [0.4, 0.5) is 8.78 Å². The second-order valence-corrected chi connectivity index (χ2v) is 5.77. The van der Waals surface area contributed by atoms with Crippen molar-refractivity contribution in [2.24, 2.45) is 5.41 Å². The molecule has 1 heterocycles. The molecular formula is C15H20F2N2O. The van der Waals surface area contributed by atoms with E-state index in [1.54, 1.807) is 6.92 Å². The summed E-state index contributed by atoms with van der Waals surface area (Å²) in [5.41, 5.74) is -0.405. The number of amides is 1. The predicted octanol–water partition coefficient (Wildman–Crippen LogP) is 2.01. The van der Waals surface area contributed by atoms with Gasteiger partial charge in [0.25, 0.3) is 0 Å². The molecule has 2 N–H and O–H groups in total. The Morgan fingerprint density at radius 2 is 2.10 bits per heavy atom. The summed E-state index contributed by atoms with van der Waals surface area (Å²) in [6.45, 7) is 5.12. The van der Waals surface area contributed by atoms with Crippen molar-refractivity contribution in [2.75, 3.05) is 13.1 Å². The van der Waals surface area contributed by atoms with Crippen molar-refractivity contribution in [3.05, 3.63) is 35.4 Å². The molecule has 0 bridgehead atoms. The highest BCUT2D eigenvalue weighted by Gasteiger charge is 2.36. The molecule has 1 aliphatic rings. The Hall–Kier alpha value is -1.49. The van der Waals surface area contributed by atoms with E-state index in [2.05, 4.69) is 10.6 Å². The first-order valence-electron chi connectivity index (χ1n) is 6.87. The largest absolute Gasteiger partial charge is 0.353 e. The molecule has 0 saturated carbocycles. The SMILES string of the molecule is CC(Cc1c(F)cccc1F)NC(=O)C1(C)CCNC1. The molecule has 1 amide bonds. The highest BCUT2D eigenvalue weighted by molar-refractivity contribution is 5.83. The smallest absolute Gasteiger partial charge is 0.227 e. The minimum atomic E-state index is -0.570. The monoisotopic (exact) mass is 282 g/mol. The quantitative estimate of drug-likeness (QED) is 0.887.